The molecule has 1 nitrogen and oxygen atoms in total. The molecular weight excluding hydrogens is 448 g/mol. The van der Waals surface area contributed by atoms with E-state index in [1.54, 1.807) is 0 Å². The van der Waals surface area contributed by atoms with Gasteiger partial charge >= 0.3 is 0 Å². The van der Waals surface area contributed by atoms with Crippen molar-refractivity contribution >= 4 is 10.8 Å². The van der Waals surface area contributed by atoms with E-state index >= 15 is 0 Å². The van der Waals surface area contributed by atoms with Crippen LogP contribution in [0.25, 0.3) is 33.0 Å². The number of aromatic hydroxyl groups is 1. The fraction of sp³-hybridized carbons (Fsp3) is 0.0556. The molecule has 0 heterocycles. The van der Waals surface area contributed by atoms with Crippen LogP contribution in [0.3, 0.4) is 0 Å². The summed E-state index contributed by atoms with van der Waals surface area (Å²) in [6.45, 7) is 0. The van der Waals surface area contributed by atoms with Crippen LogP contribution < -0.4 is 0 Å². The summed E-state index contributed by atoms with van der Waals surface area (Å²) in [5.74, 6) is 0.312. The first kappa shape index (κ1) is 20.6. The van der Waals surface area contributed by atoms with Gasteiger partial charge in [0.05, 0.1) is 5.41 Å². The zero-order valence-electron chi connectivity index (χ0n) is 20.3. The zero-order valence-corrected chi connectivity index (χ0v) is 20.3. The van der Waals surface area contributed by atoms with Crippen LogP contribution in [0.15, 0.2) is 127 Å². The maximum Gasteiger partial charge on any atom is 0.116 e. The van der Waals surface area contributed by atoms with Gasteiger partial charge in [-0.2, -0.15) is 0 Å². The zero-order chi connectivity index (χ0) is 24.6. The molecule has 0 aromatic heterocycles. The molecule has 2 aliphatic carbocycles. The molecule has 1 spiro atoms. The molecule has 8 rings (SSSR count). The minimum Gasteiger partial charge on any atom is -0.508 e. The minimum atomic E-state index is -0.502. The molecule has 6 aromatic rings. The van der Waals surface area contributed by atoms with Crippen LogP contribution in [0.5, 0.6) is 5.75 Å². The van der Waals surface area contributed by atoms with E-state index in [1.165, 1.54) is 61.0 Å². The molecule has 174 valence electrons. The van der Waals surface area contributed by atoms with Gasteiger partial charge < -0.3 is 5.11 Å². The summed E-state index contributed by atoms with van der Waals surface area (Å²) in [4.78, 5) is 0. The highest BCUT2D eigenvalue weighted by Crippen LogP contribution is 2.61. The normalized spacial score (nSPS) is 14.2. The molecule has 1 heteroatoms. The number of phenols is 1. The van der Waals surface area contributed by atoms with Crippen LogP contribution in [-0.4, -0.2) is 5.11 Å². The number of hydrogen-bond acceptors (Lipinski definition) is 1. The van der Waals surface area contributed by atoms with Gasteiger partial charge in [-0.1, -0.05) is 115 Å². The number of fused-ring (bicyclic) bond motifs is 10. The Labute approximate surface area is 216 Å². The van der Waals surface area contributed by atoms with E-state index in [-0.39, 0.29) is 0 Å². The summed E-state index contributed by atoms with van der Waals surface area (Å²) < 4.78 is 0. The fourth-order valence-electron chi connectivity index (χ4n) is 7.00. The molecule has 0 aliphatic heterocycles. The van der Waals surface area contributed by atoms with E-state index in [1.807, 2.05) is 12.1 Å². The largest absolute Gasteiger partial charge is 0.508 e. The number of phenolic OH excluding ortho intramolecular Hbond substituents is 1. The van der Waals surface area contributed by atoms with Gasteiger partial charge in [-0.3, -0.25) is 0 Å². The summed E-state index contributed by atoms with van der Waals surface area (Å²) in [5.41, 5.74) is 12.2. The molecule has 0 saturated carbocycles. The molecule has 0 unspecified atom stereocenters. The maximum absolute atomic E-state index is 10.9. The highest BCUT2D eigenvalue weighted by molar-refractivity contribution is 6.04. The quantitative estimate of drug-likeness (QED) is 0.235. The average molecular weight is 473 g/mol. The monoisotopic (exact) mass is 472 g/mol. The average Bonchev–Trinajstić information content (AvgIpc) is 2.94. The third-order valence-electron chi connectivity index (χ3n) is 8.43. The van der Waals surface area contributed by atoms with Crippen molar-refractivity contribution in [1.29, 1.82) is 0 Å². The highest BCUT2D eigenvalue weighted by atomic mass is 16.3. The molecule has 1 N–H and O–H groups in total. The van der Waals surface area contributed by atoms with Crippen molar-refractivity contribution in [1.82, 2.24) is 0 Å². The Morgan fingerprint density at radius 3 is 1.59 bits per heavy atom. The van der Waals surface area contributed by atoms with Crippen LogP contribution in [0.4, 0.5) is 0 Å². The predicted octanol–water partition coefficient (Wildman–Crippen LogP) is 8.48. The summed E-state index contributed by atoms with van der Waals surface area (Å²) in [5, 5.41) is 13.2. The molecule has 37 heavy (non-hydrogen) atoms. The fourth-order valence-corrected chi connectivity index (χ4v) is 7.00. The van der Waals surface area contributed by atoms with Crippen molar-refractivity contribution < 1.29 is 5.11 Å². The Hall–Kier alpha value is -4.62. The second-order valence-corrected chi connectivity index (χ2v) is 10.2. The first-order valence-corrected chi connectivity index (χ1v) is 12.9. The molecule has 0 fully saturated rings. The Bertz CT molecular complexity index is 1790. The van der Waals surface area contributed by atoms with Crippen LogP contribution in [0, 0.1) is 0 Å². The lowest BCUT2D eigenvalue weighted by molar-refractivity contribution is 0.474. The first-order chi connectivity index (χ1) is 18.3. The van der Waals surface area contributed by atoms with Crippen molar-refractivity contribution in [3.63, 3.8) is 0 Å². The minimum absolute atomic E-state index is 0.312. The second-order valence-electron chi connectivity index (χ2n) is 10.2. The molecule has 0 amide bonds. The van der Waals surface area contributed by atoms with Gasteiger partial charge in [-0.05, 0) is 85.0 Å². The summed E-state index contributed by atoms with van der Waals surface area (Å²) >= 11 is 0. The lowest BCUT2D eigenvalue weighted by Gasteiger charge is -2.47. The second kappa shape index (κ2) is 7.44. The number of benzene rings is 6. The molecule has 6 aromatic carbocycles. The van der Waals surface area contributed by atoms with E-state index in [4.69, 9.17) is 0 Å². The molecule has 0 atom stereocenters. The van der Waals surface area contributed by atoms with Gasteiger partial charge in [0, 0.05) is 0 Å². The van der Waals surface area contributed by atoms with E-state index < -0.39 is 5.41 Å². The van der Waals surface area contributed by atoms with Gasteiger partial charge in [0.15, 0.2) is 0 Å². The van der Waals surface area contributed by atoms with E-state index in [0.717, 1.165) is 11.8 Å². The maximum atomic E-state index is 10.9. The van der Waals surface area contributed by atoms with Crippen molar-refractivity contribution in [2.75, 3.05) is 0 Å². The molecule has 0 radical (unpaired) electrons. The van der Waals surface area contributed by atoms with Gasteiger partial charge in [0.25, 0.3) is 0 Å². The van der Waals surface area contributed by atoms with Crippen LogP contribution >= 0.6 is 0 Å². The number of rotatable bonds is 0. The van der Waals surface area contributed by atoms with Crippen molar-refractivity contribution in [2.24, 2.45) is 0 Å². The van der Waals surface area contributed by atoms with Gasteiger partial charge in [0.2, 0.25) is 0 Å². The number of hydrogen-bond donors (Lipinski definition) is 1. The Kier molecular flexibility index (Phi) is 4.14. The van der Waals surface area contributed by atoms with Crippen LogP contribution in [-0.2, 0) is 11.8 Å². The highest BCUT2D eigenvalue weighted by Gasteiger charge is 2.50. The lowest BCUT2D eigenvalue weighted by Crippen LogP contribution is -2.39. The third kappa shape index (κ3) is 2.64. The predicted molar refractivity (Wildman–Crippen MR) is 151 cm³/mol. The topological polar surface area (TPSA) is 20.2 Å². The van der Waals surface area contributed by atoms with Crippen LogP contribution in [0.1, 0.15) is 33.4 Å². The van der Waals surface area contributed by atoms with Crippen molar-refractivity contribution in [3.05, 3.63) is 161 Å². The van der Waals surface area contributed by atoms with Crippen molar-refractivity contribution in [3.8, 4) is 28.0 Å². The Morgan fingerprint density at radius 1 is 0.459 bits per heavy atom. The summed E-state index contributed by atoms with van der Waals surface area (Å²) in [6.07, 6.45) is 0.870. The van der Waals surface area contributed by atoms with E-state index in [0.29, 0.717) is 5.75 Å². The van der Waals surface area contributed by atoms with Gasteiger partial charge in [-0.15, -0.1) is 0 Å². The standard InChI is InChI=1S/C36H24O/c37-26-21-25-12-9-19-33-35(25)34(22-26)36(33)31-17-7-5-15-29(31)27-13-3-1-10-23(27)20-24-11-2-4-14-28(24)30-16-6-8-18-32(30)36/h1-19,21-22,37H,20H2. The van der Waals surface area contributed by atoms with E-state index in [9.17, 15) is 5.11 Å². The molecule has 0 bridgehead atoms. The SMILES string of the molecule is Oc1cc2c3c(cccc3c1)C21c2ccccc2-c2ccccc2Cc2ccccc2-c2ccccc21. The molecule has 0 saturated heterocycles. The Balaban J connectivity index is 1.61. The molecular formula is C36H24O. The summed E-state index contributed by atoms with van der Waals surface area (Å²) in [6, 6.07) is 45.8. The van der Waals surface area contributed by atoms with Crippen molar-refractivity contribution in [2.45, 2.75) is 11.8 Å². The summed E-state index contributed by atoms with van der Waals surface area (Å²) in [7, 11) is 0. The van der Waals surface area contributed by atoms with Gasteiger partial charge in [0.1, 0.15) is 5.75 Å². The Morgan fingerprint density at radius 2 is 0.973 bits per heavy atom. The lowest BCUT2D eigenvalue weighted by atomic mass is 9.54. The first-order valence-electron chi connectivity index (χ1n) is 12.9. The van der Waals surface area contributed by atoms with Crippen LogP contribution in [0.2, 0.25) is 0 Å². The third-order valence-corrected chi connectivity index (χ3v) is 8.43. The van der Waals surface area contributed by atoms with E-state index in [2.05, 4.69) is 115 Å². The molecule has 2 aliphatic rings. The smallest absolute Gasteiger partial charge is 0.116 e. The van der Waals surface area contributed by atoms with Gasteiger partial charge in [-0.25, -0.2) is 0 Å².